The van der Waals surface area contributed by atoms with Crippen LogP contribution in [0.3, 0.4) is 0 Å². The lowest BCUT2D eigenvalue weighted by atomic mass is 10.0. The first-order valence-corrected chi connectivity index (χ1v) is 5.91. The molecule has 1 aromatic rings. The van der Waals surface area contributed by atoms with Gasteiger partial charge in [0.25, 0.3) is 0 Å². The maximum Gasteiger partial charge on any atom is 0.338 e. The summed E-state index contributed by atoms with van der Waals surface area (Å²) in [6.45, 7) is 1.81. The lowest BCUT2D eigenvalue weighted by Gasteiger charge is -2.36. The van der Waals surface area contributed by atoms with E-state index in [1.807, 2.05) is 30.3 Å². The van der Waals surface area contributed by atoms with Crippen LogP contribution in [0.25, 0.3) is 0 Å². The minimum atomic E-state index is -1.23. The molecule has 0 amide bonds. The van der Waals surface area contributed by atoms with E-state index in [1.54, 1.807) is 6.92 Å². The average Bonchev–Trinajstić information content (AvgIpc) is 2.68. The van der Waals surface area contributed by atoms with Gasteiger partial charge in [-0.15, -0.1) is 0 Å². The highest BCUT2D eigenvalue weighted by atomic mass is 16.7. The highest BCUT2D eigenvalue weighted by Crippen LogP contribution is 2.36. The van der Waals surface area contributed by atoms with Gasteiger partial charge in [-0.3, -0.25) is 0 Å². The zero-order valence-corrected chi connectivity index (χ0v) is 9.85. The van der Waals surface area contributed by atoms with Crippen molar-refractivity contribution in [1.82, 2.24) is 0 Å². The van der Waals surface area contributed by atoms with Gasteiger partial charge in [0, 0.05) is 5.56 Å². The van der Waals surface area contributed by atoms with Crippen LogP contribution in [0.2, 0.25) is 0 Å². The van der Waals surface area contributed by atoms with Gasteiger partial charge in [-0.2, -0.15) is 0 Å². The first-order valence-electron chi connectivity index (χ1n) is 5.91. The molecule has 2 aliphatic heterocycles. The maximum absolute atomic E-state index is 11.3. The molecule has 3 rings (SSSR count). The van der Waals surface area contributed by atoms with Crippen LogP contribution in [-0.4, -0.2) is 35.5 Å². The Morgan fingerprint density at radius 1 is 1.11 bits per heavy atom. The number of fused-ring (bicyclic) bond motifs is 1. The zero-order valence-electron chi connectivity index (χ0n) is 9.85. The van der Waals surface area contributed by atoms with Crippen LogP contribution in [0.4, 0.5) is 0 Å². The van der Waals surface area contributed by atoms with Crippen LogP contribution in [0, 0.1) is 0 Å². The lowest BCUT2D eigenvalue weighted by molar-refractivity contribution is -0.278. The molecule has 5 heteroatoms. The second-order valence-electron chi connectivity index (χ2n) is 4.53. The van der Waals surface area contributed by atoms with Gasteiger partial charge in [-0.1, -0.05) is 30.3 Å². The van der Waals surface area contributed by atoms with Crippen molar-refractivity contribution in [3.05, 3.63) is 35.9 Å². The average molecular weight is 250 g/mol. The maximum atomic E-state index is 11.3. The third-order valence-electron chi connectivity index (χ3n) is 3.28. The van der Waals surface area contributed by atoms with Crippen molar-refractivity contribution in [2.24, 2.45) is 0 Å². The quantitative estimate of drug-likeness (QED) is 0.746. The SMILES string of the molecule is C[C@@H]1O[C@@H](c2ccccc2)O[C@@H]2[C@H]1OC(=O)[C@H]2O. The number of aliphatic hydroxyl groups excluding tert-OH is 1. The predicted molar refractivity (Wildman–Crippen MR) is 60.5 cm³/mol. The molecule has 2 fully saturated rings. The van der Waals surface area contributed by atoms with Crippen LogP contribution in [0.1, 0.15) is 18.8 Å². The predicted octanol–water partition coefficient (Wildman–Crippen LogP) is 0.775. The summed E-state index contributed by atoms with van der Waals surface area (Å²) in [5.74, 6) is -0.644. The van der Waals surface area contributed by atoms with Crippen molar-refractivity contribution < 1.29 is 24.1 Å². The van der Waals surface area contributed by atoms with E-state index in [0.29, 0.717) is 0 Å². The molecule has 0 aromatic heterocycles. The van der Waals surface area contributed by atoms with Gasteiger partial charge in [0.1, 0.15) is 6.10 Å². The Bertz CT molecular complexity index is 446. The minimum Gasteiger partial charge on any atom is -0.455 e. The third kappa shape index (κ3) is 1.80. The Morgan fingerprint density at radius 3 is 2.56 bits per heavy atom. The van der Waals surface area contributed by atoms with E-state index < -0.39 is 30.6 Å². The van der Waals surface area contributed by atoms with Gasteiger partial charge >= 0.3 is 5.97 Å². The van der Waals surface area contributed by atoms with Gasteiger partial charge in [-0.25, -0.2) is 4.79 Å². The van der Waals surface area contributed by atoms with Crippen LogP contribution < -0.4 is 0 Å². The van der Waals surface area contributed by atoms with Crippen molar-refractivity contribution >= 4 is 5.97 Å². The van der Waals surface area contributed by atoms with Gasteiger partial charge in [0.15, 0.2) is 18.5 Å². The van der Waals surface area contributed by atoms with Crippen LogP contribution >= 0.6 is 0 Å². The number of hydrogen-bond donors (Lipinski definition) is 1. The van der Waals surface area contributed by atoms with Gasteiger partial charge in [0.2, 0.25) is 0 Å². The van der Waals surface area contributed by atoms with Gasteiger partial charge in [0.05, 0.1) is 6.10 Å². The molecule has 5 nitrogen and oxygen atoms in total. The Hall–Kier alpha value is -1.43. The number of aliphatic hydroxyl groups is 1. The molecule has 0 spiro atoms. The number of ether oxygens (including phenoxy) is 3. The number of benzene rings is 1. The summed E-state index contributed by atoms with van der Waals surface area (Å²) in [5.41, 5.74) is 0.856. The highest BCUT2D eigenvalue weighted by molar-refractivity contribution is 5.78. The number of hydrogen-bond acceptors (Lipinski definition) is 5. The summed E-state index contributed by atoms with van der Waals surface area (Å²) in [7, 11) is 0. The summed E-state index contributed by atoms with van der Waals surface area (Å²) >= 11 is 0. The van der Waals surface area contributed by atoms with E-state index in [4.69, 9.17) is 14.2 Å². The molecule has 18 heavy (non-hydrogen) atoms. The molecule has 2 heterocycles. The molecule has 0 saturated carbocycles. The van der Waals surface area contributed by atoms with Crippen molar-refractivity contribution in [2.45, 2.75) is 37.6 Å². The van der Waals surface area contributed by atoms with Crippen molar-refractivity contribution in [3.63, 3.8) is 0 Å². The molecular formula is C13H14O5. The molecule has 2 saturated heterocycles. The second kappa shape index (κ2) is 4.35. The first-order chi connectivity index (χ1) is 8.66. The summed E-state index contributed by atoms with van der Waals surface area (Å²) in [4.78, 5) is 11.3. The van der Waals surface area contributed by atoms with E-state index in [1.165, 1.54) is 0 Å². The lowest BCUT2D eigenvalue weighted by Crippen LogP contribution is -2.47. The molecule has 0 radical (unpaired) electrons. The van der Waals surface area contributed by atoms with E-state index in [0.717, 1.165) is 5.56 Å². The van der Waals surface area contributed by atoms with Crippen LogP contribution in [0.15, 0.2) is 30.3 Å². The first kappa shape index (κ1) is 11.6. The Labute approximate surface area is 104 Å². The molecule has 5 atom stereocenters. The van der Waals surface area contributed by atoms with Crippen molar-refractivity contribution in [2.75, 3.05) is 0 Å². The summed E-state index contributed by atoms with van der Waals surface area (Å²) in [5, 5.41) is 9.72. The van der Waals surface area contributed by atoms with Crippen LogP contribution in [-0.2, 0) is 19.0 Å². The van der Waals surface area contributed by atoms with Gasteiger partial charge in [-0.05, 0) is 6.92 Å². The Balaban J connectivity index is 1.83. The molecular weight excluding hydrogens is 236 g/mol. The van der Waals surface area contributed by atoms with E-state index in [-0.39, 0.29) is 6.10 Å². The summed E-state index contributed by atoms with van der Waals surface area (Å²) in [6, 6.07) is 9.41. The fourth-order valence-electron chi connectivity index (χ4n) is 2.31. The molecule has 2 aliphatic rings. The zero-order chi connectivity index (χ0) is 12.7. The third-order valence-corrected chi connectivity index (χ3v) is 3.28. The molecule has 0 unspecified atom stereocenters. The van der Waals surface area contributed by atoms with Gasteiger partial charge < -0.3 is 19.3 Å². The van der Waals surface area contributed by atoms with E-state index >= 15 is 0 Å². The fourth-order valence-corrected chi connectivity index (χ4v) is 2.31. The Morgan fingerprint density at radius 2 is 1.83 bits per heavy atom. The van der Waals surface area contributed by atoms with E-state index in [9.17, 15) is 9.90 Å². The smallest absolute Gasteiger partial charge is 0.338 e. The molecule has 1 aromatic carbocycles. The molecule has 0 aliphatic carbocycles. The normalized spacial score (nSPS) is 39.2. The van der Waals surface area contributed by atoms with Crippen molar-refractivity contribution in [3.8, 4) is 0 Å². The number of carbonyl (C=O) groups is 1. The fraction of sp³-hybridized carbons (Fsp3) is 0.462. The van der Waals surface area contributed by atoms with Crippen molar-refractivity contribution in [1.29, 1.82) is 0 Å². The second-order valence-corrected chi connectivity index (χ2v) is 4.53. The van der Waals surface area contributed by atoms with E-state index in [2.05, 4.69) is 0 Å². The standard InChI is InChI=1S/C13H14O5/c1-7-10-11(9(14)12(15)17-10)18-13(16-7)8-5-3-2-4-6-8/h2-7,9-11,13-14H,1H3/t7-,9-,10-,11-,13+/m0/s1. The minimum absolute atomic E-state index is 0.310. The van der Waals surface area contributed by atoms with Crippen LogP contribution in [0.5, 0.6) is 0 Å². The number of esters is 1. The summed E-state index contributed by atoms with van der Waals surface area (Å²) < 4.78 is 16.3. The number of rotatable bonds is 1. The monoisotopic (exact) mass is 250 g/mol. The molecule has 0 bridgehead atoms. The summed E-state index contributed by atoms with van der Waals surface area (Å²) in [6.07, 6.45) is -3.31. The number of carbonyl (C=O) groups excluding carboxylic acids is 1. The largest absolute Gasteiger partial charge is 0.455 e. The highest BCUT2D eigenvalue weighted by Gasteiger charge is 2.52. The Kier molecular flexibility index (Phi) is 2.81. The topological polar surface area (TPSA) is 65.0 Å². The molecule has 96 valence electrons. The molecule has 1 N–H and O–H groups in total.